The van der Waals surface area contributed by atoms with Crippen molar-refractivity contribution in [1.29, 1.82) is 0 Å². The minimum absolute atomic E-state index is 0.106. The second kappa shape index (κ2) is 8.56. The van der Waals surface area contributed by atoms with E-state index in [1.54, 1.807) is 23.1 Å². The summed E-state index contributed by atoms with van der Waals surface area (Å²) in [6.07, 6.45) is 1.22. The van der Waals surface area contributed by atoms with Crippen molar-refractivity contribution in [3.63, 3.8) is 0 Å². The van der Waals surface area contributed by atoms with Crippen LogP contribution in [0.25, 0.3) is 0 Å². The first kappa shape index (κ1) is 18.7. The Morgan fingerprint density at radius 3 is 2.04 bits per heavy atom. The highest BCUT2D eigenvalue weighted by Gasteiger charge is 2.25. The molecule has 1 saturated heterocycles. The number of halogens is 2. The number of amides is 2. The van der Waals surface area contributed by atoms with Gasteiger partial charge >= 0.3 is 0 Å². The summed E-state index contributed by atoms with van der Waals surface area (Å²) in [5.74, 6) is 0.0255. The molecule has 1 heterocycles. The van der Waals surface area contributed by atoms with Crippen LogP contribution in [0.15, 0.2) is 48.5 Å². The van der Waals surface area contributed by atoms with Gasteiger partial charge in [0.05, 0.1) is 0 Å². The molecule has 0 saturated carbocycles. The van der Waals surface area contributed by atoms with E-state index in [1.807, 2.05) is 35.2 Å². The lowest BCUT2D eigenvalue weighted by atomic mass is 10.1. The zero-order chi connectivity index (χ0) is 18.5. The number of benzene rings is 2. The molecule has 136 valence electrons. The molecule has 1 aliphatic rings. The molecule has 0 spiro atoms. The minimum Gasteiger partial charge on any atom is -0.339 e. The zero-order valence-electron chi connectivity index (χ0n) is 14.3. The number of hydrogen-bond donors (Lipinski definition) is 0. The van der Waals surface area contributed by atoms with Gasteiger partial charge in [-0.05, 0) is 30.2 Å². The van der Waals surface area contributed by atoms with Gasteiger partial charge in [0, 0.05) is 48.2 Å². The molecular weight excluding hydrogens is 371 g/mol. The monoisotopic (exact) mass is 390 g/mol. The number of nitrogens with zero attached hydrogens (tertiary/aromatic N) is 2. The van der Waals surface area contributed by atoms with Crippen LogP contribution in [-0.2, 0) is 11.2 Å². The maximum absolute atomic E-state index is 12.6. The van der Waals surface area contributed by atoms with Crippen LogP contribution in [0.2, 0.25) is 10.0 Å². The zero-order valence-corrected chi connectivity index (χ0v) is 15.8. The van der Waals surface area contributed by atoms with Crippen LogP contribution in [0, 0.1) is 0 Å². The standard InChI is InChI=1S/C20H20Cl2N2O2/c21-17-12-16(13-18(22)14-17)20(26)24-10-8-23(9-11-24)19(25)7-6-15-4-2-1-3-5-15/h1-5,12-14H,6-11H2. The molecule has 2 aromatic rings. The molecule has 0 radical (unpaired) electrons. The Labute approximate surface area is 163 Å². The van der Waals surface area contributed by atoms with Gasteiger partial charge in [-0.25, -0.2) is 0 Å². The number of carbonyl (C=O) groups is 2. The highest BCUT2D eigenvalue weighted by atomic mass is 35.5. The third-order valence-electron chi connectivity index (χ3n) is 4.50. The average molecular weight is 391 g/mol. The van der Waals surface area contributed by atoms with E-state index in [2.05, 4.69) is 0 Å². The smallest absolute Gasteiger partial charge is 0.254 e. The molecule has 0 unspecified atom stereocenters. The fourth-order valence-electron chi connectivity index (χ4n) is 3.07. The lowest BCUT2D eigenvalue weighted by molar-refractivity contribution is -0.132. The fourth-order valence-corrected chi connectivity index (χ4v) is 3.60. The van der Waals surface area contributed by atoms with Gasteiger partial charge in [0.25, 0.3) is 5.91 Å². The fraction of sp³-hybridized carbons (Fsp3) is 0.300. The molecular formula is C20H20Cl2N2O2. The van der Waals surface area contributed by atoms with Crippen LogP contribution in [0.3, 0.4) is 0 Å². The minimum atomic E-state index is -0.106. The summed E-state index contributed by atoms with van der Waals surface area (Å²) in [5, 5.41) is 0.881. The Bertz CT molecular complexity index is 767. The van der Waals surface area contributed by atoms with Gasteiger partial charge < -0.3 is 9.80 Å². The maximum Gasteiger partial charge on any atom is 0.254 e. The van der Waals surface area contributed by atoms with Crippen molar-refractivity contribution >= 4 is 35.0 Å². The number of piperazine rings is 1. The molecule has 1 fully saturated rings. The van der Waals surface area contributed by atoms with Crippen molar-refractivity contribution in [3.05, 3.63) is 69.7 Å². The normalized spacial score (nSPS) is 14.4. The summed E-state index contributed by atoms with van der Waals surface area (Å²) in [4.78, 5) is 28.6. The van der Waals surface area contributed by atoms with Crippen LogP contribution < -0.4 is 0 Å². The Balaban J connectivity index is 1.52. The van der Waals surface area contributed by atoms with Gasteiger partial charge in [0.2, 0.25) is 5.91 Å². The van der Waals surface area contributed by atoms with E-state index < -0.39 is 0 Å². The molecule has 0 aromatic heterocycles. The summed E-state index contributed by atoms with van der Waals surface area (Å²) in [6, 6.07) is 14.8. The van der Waals surface area contributed by atoms with Crippen molar-refractivity contribution in [3.8, 4) is 0 Å². The highest BCUT2D eigenvalue weighted by molar-refractivity contribution is 6.35. The summed E-state index contributed by atoms with van der Waals surface area (Å²) in [7, 11) is 0. The topological polar surface area (TPSA) is 40.6 Å². The molecule has 0 N–H and O–H groups in total. The molecule has 1 aliphatic heterocycles. The summed E-state index contributed by atoms with van der Waals surface area (Å²) in [5.41, 5.74) is 1.64. The highest BCUT2D eigenvalue weighted by Crippen LogP contribution is 2.21. The molecule has 2 aromatic carbocycles. The molecule has 4 nitrogen and oxygen atoms in total. The first-order valence-electron chi connectivity index (χ1n) is 8.60. The van der Waals surface area contributed by atoms with Gasteiger partial charge in [-0.1, -0.05) is 53.5 Å². The quantitative estimate of drug-likeness (QED) is 0.793. The summed E-state index contributed by atoms with van der Waals surface area (Å²) >= 11 is 12.0. The molecule has 3 rings (SSSR count). The lowest BCUT2D eigenvalue weighted by Gasteiger charge is -2.35. The molecule has 0 aliphatic carbocycles. The molecule has 2 amide bonds. The Hall–Kier alpha value is -2.04. The molecule has 6 heteroatoms. The Morgan fingerprint density at radius 2 is 1.42 bits per heavy atom. The van der Waals surface area contributed by atoms with E-state index in [0.717, 1.165) is 12.0 Å². The van der Waals surface area contributed by atoms with Crippen molar-refractivity contribution < 1.29 is 9.59 Å². The van der Waals surface area contributed by atoms with E-state index in [4.69, 9.17) is 23.2 Å². The van der Waals surface area contributed by atoms with Gasteiger partial charge in [0.1, 0.15) is 0 Å². The van der Waals surface area contributed by atoms with Crippen LogP contribution >= 0.6 is 23.2 Å². The molecule has 26 heavy (non-hydrogen) atoms. The van der Waals surface area contributed by atoms with Crippen LogP contribution in [-0.4, -0.2) is 47.8 Å². The SMILES string of the molecule is O=C(CCc1ccccc1)N1CCN(C(=O)c2cc(Cl)cc(Cl)c2)CC1. The van der Waals surface area contributed by atoms with E-state index >= 15 is 0 Å². The number of hydrogen-bond acceptors (Lipinski definition) is 2. The van der Waals surface area contributed by atoms with Crippen LogP contribution in [0.1, 0.15) is 22.3 Å². The summed E-state index contributed by atoms with van der Waals surface area (Å²) in [6.45, 7) is 2.13. The summed E-state index contributed by atoms with van der Waals surface area (Å²) < 4.78 is 0. The largest absolute Gasteiger partial charge is 0.339 e. The average Bonchev–Trinajstić information content (AvgIpc) is 2.65. The lowest BCUT2D eigenvalue weighted by Crippen LogP contribution is -2.50. The van der Waals surface area contributed by atoms with Crippen LogP contribution in [0.4, 0.5) is 0 Å². The van der Waals surface area contributed by atoms with Gasteiger partial charge in [-0.2, -0.15) is 0 Å². The van der Waals surface area contributed by atoms with E-state index in [0.29, 0.717) is 48.2 Å². The van der Waals surface area contributed by atoms with Crippen molar-refractivity contribution in [1.82, 2.24) is 9.80 Å². The Morgan fingerprint density at radius 1 is 0.846 bits per heavy atom. The maximum atomic E-state index is 12.6. The third-order valence-corrected chi connectivity index (χ3v) is 4.94. The molecule has 0 atom stereocenters. The molecule has 0 bridgehead atoms. The third kappa shape index (κ3) is 4.77. The number of rotatable bonds is 4. The number of aryl methyl sites for hydroxylation is 1. The second-order valence-corrected chi connectivity index (χ2v) is 7.19. The van der Waals surface area contributed by atoms with E-state index in [9.17, 15) is 9.59 Å². The van der Waals surface area contributed by atoms with E-state index in [-0.39, 0.29) is 11.8 Å². The predicted molar refractivity (Wildman–Crippen MR) is 104 cm³/mol. The number of carbonyl (C=O) groups excluding carboxylic acids is 2. The van der Waals surface area contributed by atoms with Crippen molar-refractivity contribution in [2.75, 3.05) is 26.2 Å². The van der Waals surface area contributed by atoms with E-state index in [1.165, 1.54) is 0 Å². The second-order valence-electron chi connectivity index (χ2n) is 6.32. The van der Waals surface area contributed by atoms with Crippen molar-refractivity contribution in [2.45, 2.75) is 12.8 Å². The van der Waals surface area contributed by atoms with Crippen molar-refractivity contribution in [2.24, 2.45) is 0 Å². The van der Waals surface area contributed by atoms with Gasteiger partial charge in [-0.3, -0.25) is 9.59 Å². The van der Waals surface area contributed by atoms with Gasteiger partial charge in [0.15, 0.2) is 0 Å². The van der Waals surface area contributed by atoms with Gasteiger partial charge in [-0.15, -0.1) is 0 Å². The Kier molecular flexibility index (Phi) is 6.17. The first-order valence-corrected chi connectivity index (χ1v) is 9.35. The first-order chi connectivity index (χ1) is 12.5. The van der Waals surface area contributed by atoms with Crippen LogP contribution in [0.5, 0.6) is 0 Å². The predicted octanol–water partition coefficient (Wildman–Crippen LogP) is 3.91.